The fourth-order valence-corrected chi connectivity index (χ4v) is 2.75. The van der Waals surface area contributed by atoms with E-state index in [-0.39, 0.29) is 5.41 Å². The minimum Gasteiger partial charge on any atom is -0.396 e. The lowest BCUT2D eigenvalue weighted by atomic mass is 9.74. The average molecular weight is 257 g/mol. The minimum absolute atomic E-state index is 0.104. The van der Waals surface area contributed by atoms with E-state index >= 15 is 0 Å². The lowest BCUT2D eigenvalue weighted by Crippen LogP contribution is -2.39. The molecule has 1 aliphatic rings. The van der Waals surface area contributed by atoms with E-state index in [1.807, 2.05) is 30.3 Å². The Morgan fingerprint density at radius 3 is 2.53 bits per heavy atom. The first-order chi connectivity index (χ1) is 9.35. The van der Waals surface area contributed by atoms with E-state index < -0.39 is 0 Å². The van der Waals surface area contributed by atoms with Crippen LogP contribution in [0.25, 0.3) is 0 Å². The molecule has 0 spiro atoms. The van der Waals surface area contributed by atoms with Gasteiger partial charge in [0.05, 0.1) is 6.54 Å². The molecule has 0 aliphatic heterocycles. The molecule has 1 saturated carbocycles. The summed E-state index contributed by atoms with van der Waals surface area (Å²) in [6, 6.07) is 10.0. The van der Waals surface area contributed by atoms with E-state index in [2.05, 4.69) is 17.2 Å². The highest BCUT2D eigenvalue weighted by atomic mass is 16.3. The summed E-state index contributed by atoms with van der Waals surface area (Å²) in [5, 5.41) is 13.0. The second-order valence-corrected chi connectivity index (χ2v) is 5.49. The van der Waals surface area contributed by atoms with E-state index in [1.54, 1.807) is 0 Å². The molecule has 2 heteroatoms. The van der Waals surface area contributed by atoms with Gasteiger partial charge in [-0.1, -0.05) is 49.3 Å². The zero-order valence-corrected chi connectivity index (χ0v) is 11.5. The molecule has 2 N–H and O–H groups in total. The Kier molecular flexibility index (Phi) is 5.44. The summed E-state index contributed by atoms with van der Waals surface area (Å²) in [6.07, 6.45) is 6.09. The molecule has 1 aromatic carbocycles. The topological polar surface area (TPSA) is 32.3 Å². The number of aliphatic hydroxyl groups is 1. The maximum atomic E-state index is 9.60. The second-order valence-electron chi connectivity index (χ2n) is 5.49. The van der Waals surface area contributed by atoms with Gasteiger partial charge in [-0.05, 0) is 25.0 Å². The van der Waals surface area contributed by atoms with Gasteiger partial charge in [0.25, 0.3) is 0 Å². The van der Waals surface area contributed by atoms with Crippen molar-refractivity contribution >= 4 is 0 Å². The fraction of sp³-hybridized carbons (Fsp3) is 0.529. The monoisotopic (exact) mass is 257 g/mol. The molecule has 1 aromatic rings. The molecule has 0 aromatic heterocycles. The number of aliphatic hydroxyl groups excluding tert-OH is 1. The van der Waals surface area contributed by atoms with E-state index in [0.29, 0.717) is 13.2 Å². The lowest BCUT2D eigenvalue weighted by Gasteiger charge is -2.35. The van der Waals surface area contributed by atoms with Crippen LogP contribution in [0, 0.1) is 17.3 Å². The van der Waals surface area contributed by atoms with Crippen molar-refractivity contribution in [2.24, 2.45) is 5.41 Å². The van der Waals surface area contributed by atoms with E-state index in [4.69, 9.17) is 0 Å². The zero-order chi connectivity index (χ0) is 13.4. The van der Waals surface area contributed by atoms with Crippen LogP contribution >= 0.6 is 0 Å². The van der Waals surface area contributed by atoms with Gasteiger partial charge < -0.3 is 10.4 Å². The van der Waals surface area contributed by atoms with E-state index in [9.17, 15) is 5.11 Å². The molecule has 2 rings (SSSR count). The number of hydrogen-bond donors (Lipinski definition) is 2. The summed E-state index contributed by atoms with van der Waals surface area (Å²) in [7, 11) is 0. The molecule has 102 valence electrons. The summed E-state index contributed by atoms with van der Waals surface area (Å²) < 4.78 is 0. The molecule has 0 bridgehead atoms. The van der Waals surface area contributed by atoms with Crippen molar-refractivity contribution in [2.45, 2.75) is 32.1 Å². The maximum absolute atomic E-state index is 9.60. The minimum atomic E-state index is 0.104. The standard InChI is InChI=1S/C17H23NO/c19-15-17(11-5-2-6-12-17)14-18-13-7-10-16-8-3-1-4-9-16/h1,3-4,8-9,18-19H,2,5-6,11-15H2. The number of benzene rings is 1. The van der Waals surface area contributed by atoms with Crippen LogP contribution in [0.3, 0.4) is 0 Å². The smallest absolute Gasteiger partial charge is 0.0580 e. The molecular weight excluding hydrogens is 234 g/mol. The normalized spacial score (nSPS) is 17.5. The van der Waals surface area contributed by atoms with Gasteiger partial charge in [0.1, 0.15) is 0 Å². The van der Waals surface area contributed by atoms with Crippen molar-refractivity contribution < 1.29 is 5.11 Å². The van der Waals surface area contributed by atoms with Crippen molar-refractivity contribution in [1.29, 1.82) is 0 Å². The fourth-order valence-electron chi connectivity index (χ4n) is 2.75. The van der Waals surface area contributed by atoms with Crippen LogP contribution in [0.5, 0.6) is 0 Å². The summed E-state index contributed by atoms with van der Waals surface area (Å²) in [6.45, 7) is 1.87. The van der Waals surface area contributed by atoms with E-state index in [1.165, 1.54) is 19.3 Å². The molecular formula is C17H23NO. The number of rotatable bonds is 4. The van der Waals surface area contributed by atoms with Gasteiger partial charge in [-0.3, -0.25) is 0 Å². The molecule has 1 aliphatic carbocycles. The summed E-state index contributed by atoms with van der Waals surface area (Å²) >= 11 is 0. The molecule has 1 fully saturated rings. The lowest BCUT2D eigenvalue weighted by molar-refractivity contribution is 0.0825. The quantitative estimate of drug-likeness (QED) is 0.642. The molecule has 0 amide bonds. The third kappa shape index (κ3) is 4.38. The van der Waals surface area contributed by atoms with Crippen molar-refractivity contribution in [2.75, 3.05) is 19.7 Å². The summed E-state index contributed by atoms with van der Waals surface area (Å²) in [4.78, 5) is 0. The maximum Gasteiger partial charge on any atom is 0.0580 e. The van der Waals surface area contributed by atoms with Crippen LogP contribution in [-0.2, 0) is 0 Å². The van der Waals surface area contributed by atoms with E-state index in [0.717, 1.165) is 24.9 Å². The van der Waals surface area contributed by atoms with Gasteiger partial charge in [-0.2, -0.15) is 0 Å². The Labute approximate surface area is 116 Å². The van der Waals surface area contributed by atoms with Crippen molar-refractivity contribution in [1.82, 2.24) is 5.32 Å². The molecule has 2 nitrogen and oxygen atoms in total. The highest BCUT2D eigenvalue weighted by Gasteiger charge is 2.30. The molecule has 0 saturated heterocycles. The van der Waals surface area contributed by atoms with Gasteiger partial charge in [0, 0.05) is 24.1 Å². The van der Waals surface area contributed by atoms with Gasteiger partial charge in [-0.25, -0.2) is 0 Å². The third-order valence-electron chi connectivity index (χ3n) is 3.97. The first-order valence-electron chi connectivity index (χ1n) is 7.20. The number of nitrogens with one attached hydrogen (secondary N) is 1. The van der Waals surface area contributed by atoms with Crippen molar-refractivity contribution in [3.8, 4) is 11.8 Å². The summed E-state index contributed by atoms with van der Waals surface area (Å²) in [5.74, 6) is 6.28. The average Bonchev–Trinajstić information content (AvgIpc) is 2.49. The van der Waals surface area contributed by atoms with Crippen molar-refractivity contribution in [3.05, 3.63) is 35.9 Å². The van der Waals surface area contributed by atoms with Crippen LogP contribution < -0.4 is 5.32 Å². The second kappa shape index (κ2) is 7.33. The largest absolute Gasteiger partial charge is 0.396 e. The zero-order valence-electron chi connectivity index (χ0n) is 11.5. The predicted molar refractivity (Wildman–Crippen MR) is 78.8 cm³/mol. The van der Waals surface area contributed by atoms with Crippen LogP contribution in [0.4, 0.5) is 0 Å². The Morgan fingerprint density at radius 2 is 1.84 bits per heavy atom. The molecule has 0 heterocycles. The summed E-state index contributed by atoms with van der Waals surface area (Å²) in [5.41, 5.74) is 1.16. The van der Waals surface area contributed by atoms with Crippen LogP contribution in [-0.4, -0.2) is 24.8 Å². The SMILES string of the molecule is OCC1(CNCC#Cc2ccccc2)CCCCC1. The number of hydrogen-bond acceptors (Lipinski definition) is 2. The van der Waals surface area contributed by atoms with Gasteiger partial charge >= 0.3 is 0 Å². The van der Waals surface area contributed by atoms with Gasteiger partial charge in [0.2, 0.25) is 0 Å². The Morgan fingerprint density at radius 1 is 1.11 bits per heavy atom. The van der Waals surface area contributed by atoms with Crippen LogP contribution in [0.2, 0.25) is 0 Å². The first kappa shape index (κ1) is 14.1. The van der Waals surface area contributed by atoms with Crippen molar-refractivity contribution in [3.63, 3.8) is 0 Å². The Hall–Kier alpha value is -1.30. The molecule has 19 heavy (non-hydrogen) atoms. The predicted octanol–water partition coefficient (Wildman–Crippen LogP) is 2.57. The third-order valence-corrected chi connectivity index (χ3v) is 3.97. The van der Waals surface area contributed by atoms with Crippen LogP contribution in [0.15, 0.2) is 30.3 Å². The first-order valence-corrected chi connectivity index (χ1v) is 7.20. The molecule has 0 atom stereocenters. The van der Waals surface area contributed by atoms with Gasteiger partial charge in [-0.15, -0.1) is 0 Å². The highest BCUT2D eigenvalue weighted by molar-refractivity contribution is 5.33. The Bertz CT molecular complexity index is 424. The highest BCUT2D eigenvalue weighted by Crippen LogP contribution is 2.34. The Balaban J connectivity index is 1.75. The molecule has 0 radical (unpaired) electrons. The van der Waals surface area contributed by atoms with Gasteiger partial charge in [0.15, 0.2) is 0 Å². The molecule has 0 unspecified atom stereocenters. The van der Waals surface area contributed by atoms with Crippen LogP contribution in [0.1, 0.15) is 37.7 Å².